The Morgan fingerprint density at radius 3 is 1.75 bits per heavy atom. The van der Waals surface area contributed by atoms with Crippen molar-refractivity contribution in [2.75, 3.05) is 0 Å². The van der Waals surface area contributed by atoms with Gasteiger partial charge in [0.25, 0.3) is 0 Å². The van der Waals surface area contributed by atoms with E-state index in [4.69, 9.17) is 11.1 Å². The van der Waals surface area contributed by atoms with E-state index in [0.717, 1.165) is 0 Å². The molecule has 3 nitrogen and oxygen atoms in total. The van der Waals surface area contributed by atoms with Crippen LogP contribution in [0.3, 0.4) is 0 Å². The van der Waals surface area contributed by atoms with Gasteiger partial charge in [-0.3, -0.25) is 0 Å². The second kappa shape index (κ2) is 13.8. The van der Waals surface area contributed by atoms with E-state index >= 15 is 0 Å². The van der Waals surface area contributed by atoms with Crippen LogP contribution in [0.2, 0.25) is 0 Å². The second-order valence-electron chi connectivity index (χ2n) is 0.100. The van der Waals surface area contributed by atoms with Crippen LogP contribution in [-0.4, -0.2) is 0 Å². The van der Waals surface area contributed by atoms with E-state index in [1.807, 2.05) is 0 Å². The van der Waals surface area contributed by atoms with Gasteiger partial charge in [0.1, 0.15) is 0 Å². The summed E-state index contributed by atoms with van der Waals surface area (Å²) in [5.74, 6) is 0. The molecule has 0 saturated carbocycles. The monoisotopic (exact) mass is 106 g/mol. The van der Waals surface area contributed by atoms with Crippen LogP contribution >= 0.6 is 0 Å². The molecule has 0 unspecified atom stereocenters. The zero-order chi connectivity index (χ0) is 2.71. The van der Waals surface area contributed by atoms with E-state index in [1.54, 1.807) is 4.91 Å². The van der Waals surface area contributed by atoms with Crippen LogP contribution in [0.15, 0.2) is 0 Å². The maximum absolute atomic E-state index is 6.86. The Balaban J connectivity index is 0. The Morgan fingerprint density at radius 1 is 1.75 bits per heavy atom. The molecule has 0 aromatic heterocycles. The number of nitrogens with one attached hydrogen (secondary N) is 1. The molecule has 0 heterocycles. The second-order valence-corrected chi connectivity index (χ2v) is 0.100. The van der Waals surface area contributed by atoms with Crippen molar-refractivity contribution in [1.82, 2.24) is 0 Å². The molecule has 1 N–H and O–H groups in total. The summed E-state index contributed by atoms with van der Waals surface area (Å²) in [5.41, 5.74) is 12.2. The van der Waals surface area contributed by atoms with Crippen molar-refractivity contribution in [1.29, 1.82) is 5.53 Å². The first-order valence-corrected chi connectivity index (χ1v) is 0.424. The summed E-state index contributed by atoms with van der Waals surface area (Å²) in [6.45, 7) is 0. The minimum absolute atomic E-state index is 0. The molecule has 0 aromatic rings. The summed E-state index contributed by atoms with van der Waals surface area (Å²) < 4.78 is 0. The fourth-order valence-electron chi connectivity index (χ4n) is 0. The van der Waals surface area contributed by atoms with Crippen LogP contribution in [0.4, 0.5) is 0 Å². The van der Waals surface area contributed by atoms with Crippen molar-refractivity contribution in [3.63, 3.8) is 0 Å². The molecular weight excluding hydrogens is 106 g/mol. The fraction of sp³-hybridized carbons (Fsp3) is 0. The molecule has 0 aliphatic heterocycles. The average Bonchev–Trinajstić information content (AvgIpc) is 0.918. The Labute approximate surface area is 33.9 Å². The van der Waals surface area contributed by atoms with Crippen LogP contribution < -0.4 is 0 Å². The zero-order valence-electron chi connectivity index (χ0n) is 1.70. The van der Waals surface area contributed by atoms with Gasteiger partial charge in [-0.2, -0.15) is 0 Å². The predicted octanol–water partition coefficient (Wildman–Crippen LogP) is 0.873. The number of hydrogen-bond donors (Lipinski definition) is 1. The minimum Gasteiger partial charge on any atom is -0.108 e. The van der Waals surface area contributed by atoms with Crippen molar-refractivity contribution in [3.05, 3.63) is 10.4 Å². The van der Waals surface area contributed by atoms with Gasteiger partial charge in [0.05, 0.1) is 0 Å². The maximum Gasteiger partial charge on any atom is 2.00 e. The minimum atomic E-state index is 0. The van der Waals surface area contributed by atoms with E-state index in [1.165, 1.54) is 0 Å². The molecule has 25 valence electrons. The summed E-state index contributed by atoms with van der Waals surface area (Å²) in [7, 11) is 0. The normalized spacial score (nSPS) is 2.00. The third kappa shape index (κ3) is 43.3. The van der Waals surface area contributed by atoms with E-state index in [-0.39, 0.29) is 17.1 Å². The summed E-state index contributed by atoms with van der Waals surface area (Å²) in [5, 5.41) is 0. The molecule has 0 saturated heterocycles. The van der Waals surface area contributed by atoms with Crippen molar-refractivity contribution in [2.45, 2.75) is 0 Å². The number of rotatable bonds is 0. The van der Waals surface area contributed by atoms with Crippen molar-refractivity contribution < 1.29 is 17.1 Å². The summed E-state index contributed by atoms with van der Waals surface area (Å²) in [6.07, 6.45) is 0. The molecule has 4 heavy (non-hydrogen) atoms. The largest absolute Gasteiger partial charge is 2.00 e. The van der Waals surface area contributed by atoms with Crippen molar-refractivity contribution in [3.8, 4) is 0 Å². The molecule has 0 spiro atoms. The first-order valence-electron chi connectivity index (χ1n) is 0.424. The summed E-state index contributed by atoms with van der Waals surface area (Å²) in [6, 6.07) is 0. The SMILES string of the molecule is [Cu+2].[N-]=[N+]=N. The smallest absolute Gasteiger partial charge is 0.108 e. The molecular formula is HCuN3+2. The topological polar surface area (TPSA) is 60.3 Å². The molecule has 0 atom stereocenters. The zero-order valence-corrected chi connectivity index (χ0v) is 2.64. The van der Waals surface area contributed by atoms with E-state index in [2.05, 4.69) is 0 Å². The van der Waals surface area contributed by atoms with Crippen LogP contribution in [0.5, 0.6) is 0 Å². The van der Waals surface area contributed by atoms with E-state index in [9.17, 15) is 0 Å². The molecule has 0 fully saturated rings. The summed E-state index contributed by atoms with van der Waals surface area (Å²) >= 11 is 0. The van der Waals surface area contributed by atoms with Crippen LogP contribution in [-0.2, 0) is 17.1 Å². The molecule has 0 aromatic carbocycles. The van der Waals surface area contributed by atoms with Gasteiger partial charge in [0, 0.05) is 0 Å². The van der Waals surface area contributed by atoms with Gasteiger partial charge in [0.15, 0.2) is 0 Å². The summed E-state index contributed by atoms with van der Waals surface area (Å²) in [4.78, 5) is 1.75. The van der Waals surface area contributed by atoms with E-state index < -0.39 is 0 Å². The van der Waals surface area contributed by atoms with Gasteiger partial charge in [-0.25, -0.2) is 0 Å². The molecule has 0 aliphatic carbocycles. The van der Waals surface area contributed by atoms with E-state index in [0.29, 0.717) is 0 Å². The third-order valence-corrected chi connectivity index (χ3v) is 0. The van der Waals surface area contributed by atoms with Gasteiger partial charge >= 0.3 is 17.1 Å². The van der Waals surface area contributed by atoms with Crippen LogP contribution in [0, 0.1) is 5.53 Å². The van der Waals surface area contributed by atoms with Gasteiger partial charge < -0.3 is 0 Å². The quantitative estimate of drug-likeness (QED) is 0.206. The Hall–Kier alpha value is -0.171. The van der Waals surface area contributed by atoms with Crippen LogP contribution in [0.25, 0.3) is 10.4 Å². The number of hydrogen-bond acceptors (Lipinski definition) is 1. The van der Waals surface area contributed by atoms with Gasteiger partial charge in [-0.15, -0.1) is 5.53 Å². The molecule has 0 rings (SSSR count). The molecule has 0 amide bonds. The fourth-order valence-corrected chi connectivity index (χ4v) is 0. The van der Waals surface area contributed by atoms with Gasteiger partial charge in [0.2, 0.25) is 0 Å². The van der Waals surface area contributed by atoms with Gasteiger partial charge in [-0.05, 0) is 10.4 Å². The molecule has 4 heteroatoms. The van der Waals surface area contributed by atoms with Crippen molar-refractivity contribution in [2.24, 2.45) is 0 Å². The molecule has 0 bridgehead atoms. The Bertz CT molecular complexity index is 24.3. The molecule has 0 aliphatic rings. The predicted molar refractivity (Wildman–Crippen MR) is 9.44 cm³/mol. The first-order chi connectivity index (χ1) is 1.41. The average molecular weight is 107 g/mol. The van der Waals surface area contributed by atoms with Gasteiger partial charge in [-0.1, -0.05) is 0 Å². The van der Waals surface area contributed by atoms with Crippen LogP contribution in [0.1, 0.15) is 0 Å². The number of nitrogens with zero attached hydrogens (tertiary/aromatic N) is 2. The van der Waals surface area contributed by atoms with Crippen molar-refractivity contribution >= 4 is 0 Å². The standard InChI is InChI=1S/Cu.HN3/c;1-3-2/h;1H/q+2;. The first kappa shape index (κ1) is 9.16. The third-order valence-electron chi connectivity index (χ3n) is 0. The maximum atomic E-state index is 6.86. The molecule has 1 radical (unpaired) electrons. The Kier molecular flexibility index (Phi) is 31.5. The Morgan fingerprint density at radius 2 is 1.75 bits per heavy atom.